The highest BCUT2D eigenvalue weighted by molar-refractivity contribution is 5.54. The lowest BCUT2D eigenvalue weighted by Gasteiger charge is -2.20. The summed E-state index contributed by atoms with van der Waals surface area (Å²) in [7, 11) is 0. The molecule has 0 unspecified atom stereocenters. The topological polar surface area (TPSA) is 33.0 Å². The van der Waals surface area contributed by atoms with Gasteiger partial charge in [-0.05, 0) is 34.8 Å². The van der Waals surface area contributed by atoms with Crippen molar-refractivity contribution in [2.75, 3.05) is 13.2 Å². The number of ether oxygens (including phenoxy) is 1. The third-order valence-electron chi connectivity index (χ3n) is 2.78. The van der Waals surface area contributed by atoms with Crippen molar-refractivity contribution < 1.29 is 4.74 Å². The van der Waals surface area contributed by atoms with Crippen molar-refractivity contribution in [3.63, 3.8) is 0 Å². The van der Waals surface area contributed by atoms with Crippen LogP contribution in [0.25, 0.3) is 0 Å². The molecule has 2 heteroatoms. The monoisotopic (exact) mass is 239 g/mol. The van der Waals surface area contributed by atoms with Crippen LogP contribution in [0.4, 0.5) is 0 Å². The number of nitriles is 1. The van der Waals surface area contributed by atoms with E-state index in [9.17, 15) is 0 Å². The average molecular weight is 239 g/mol. The molecule has 0 bridgehead atoms. The second-order valence-corrected chi connectivity index (χ2v) is 3.98. The summed E-state index contributed by atoms with van der Waals surface area (Å²) in [6, 6.07) is 1.95. The van der Waals surface area contributed by atoms with Crippen molar-refractivity contribution in [3.05, 3.63) is 72.4 Å². The molecular weight excluding hydrogens is 222 g/mol. The molecule has 1 aliphatic rings. The summed E-state index contributed by atoms with van der Waals surface area (Å²) in [6.45, 7) is 16.6. The van der Waals surface area contributed by atoms with Gasteiger partial charge in [-0.1, -0.05) is 38.5 Å². The van der Waals surface area contributed by atoms with Crippen molar-refractivity contribution >= 4 is 0 Å². The Morgan fingerprint density at radius 3 is 2.61 bits per heavy atom. The molecule has 2 nitrogen and oxygen atoms in total. The van der Waals surface area contributed by atoms with E-state index in [-0.39, 0.29) is 0 Å². The summed E-state index contributed by atoms with van der Waals surface area (Å²) in [6.07, 6.45) is 6.07. The zero-order valence-electron chi connectivity index (χ0n) is 10.5. The Bertz CT molecular complexity index is 498. The second kappa shape index (κ2) is 6.58. The first kappa shape index (κ1) is 14.0. The fourth-order valence-corrected chi connectivity index (χ4v) is 1.64. The summed E-state index contributed by atoms with van der Waals surface area (Å²) in [5.41, 5.74) is 4.16. The van der Waals surface area contributed by atoms with Gasteiger partial charge in [-0.2, -0.15) is 5.26 Å². The highest BCUT2D eigenvalue weighted by atomic mass is 16.5. The minimum atomic E-state index is 0.391. The van der Waals surface area contributed by atoms with Gasteiger partial charge in [-0.15, -0.1) is 0 Å². The Hall–Kier alpha value is -2.11. The van der Waals surface area contributed by atoms with Gasteiger partial charge in [-0.25, -0.2) is 0 Å². The Kier molecular flexibility index (Phi) is 5.10. The number of nitrogens with zero attached hydrogens (tertiary/aromatic N) is 1. The molecule has 0 amide bonds. The first-order chi connectivity index (χ1) is 8.60. The first-order valence-corrected chi connectivity index (χ1v) is 5.68. The summed E-state index contributed by atoms with van der Waals surface area (Å²) < 4.78 is 5.43. The molecule has 0 atom stereocenters. The Balaban J connectivity index is 2.87. The van der Waals surface area contributed by atoms with Gasteiger partial charge in [0, 0.05) is 5.57 Å². The maximum Gasteiger partial charge on any atom is 0.0985 e. The number of hydrogen-bond donors (Lipinski definition) is 0. The predicted molar refractivity (Wildman–Crippen MR) is 74.8 cm³/mol. The quantitative estimate of drug-likeness (QED) is 0.542. The number of rotatable bonds is 5. The summed E-state index contributed by atoms with van der Waals surface area (Å²) in [4.78, 5) is 0. The fourth-order valence-electron chi connectivity index (χ4n) is 1.64. The van der Waals surface area contributed by atoms with Crippen LogP contribution in [0.3, 0.4) is 0 Å². The van der Waals surface area contributed by atoms with E-state index in [0.717, 1.165) is 28.7 Å². The molecule has 0 saturated carbocycles. The van der Waals surface area contributed by atoms with Crippen LogP contribution >= 0.6 is 0 Å². The molecule has 1 rings (SSSR count). The van der Waals surface area contributed by atoms with Gasteiger partial charge in [0.25, 0.3) is 0 Å². The minimum absolute atomic E-state index is 0.391. The van der Waals surface area contributed by atoms with E-state index in [2.05, 4.69) is 26.3 Å². The fraction of sp³-hybridized carbons (Fsp3) is 0.188. The van der Waals surface area contributed by atoms with E-state index >= 15 is 0 Å². The zero-order valence-corrected chi connectivity index (χ0v) is 10.5. The SMILES string of the molecule is C=CC1=C(C(=C)C(=C)/C=C\C(=C)C#N)COCC1. The molecule has 0 aromatic rings. The molecule has 0 saturated heterocycles. The Labute approximate surface area is 109 Å². The van der Waals surface area contributed by atoms with E-state index in [4.69, 9.17) is 10.00 Å². The third-order valence-corrected chi connectivity index (χ3v) is 2.78. The second-order valence-electron chi connectivity index (χ2n) is 3.98. The molecule has 0 radical (unpaired) electrons. The lowest BCUT2D eigenvalue weighted by atomic mass is 9.93. The van der Waals surface area contributed by atoms with Crippen LogP contribution < -0.4 is 0 Å². The molecule has 1 aliphatic heterocycles. The largest absolute Gasteiger partial charge is 0.376 e. The maximum absolute atomic E-state index is 8.62. The zero-order chi connectivity index (χ0) is 13.5. The predicted octanol–water partition coefficient (Wildman–Crippen LogP) is 3.64. The van der Waals surface area contributed by atoms with Gasteiger partial charge in [0.15, 0.2) is 0 Å². The molecule has 0 spiro atoms. The lowest BCUT2D eigenvalue weighted by molar-refractivity contribution is 0.149. The van der Waals surface area contributed by atoms with E-state index in [1.807, 2.05) is 12.1 Å². The van der Waals surface area contributed by atoms with Crippen molar-refractivity contribution in [1.29, 1.82) is 5.26 Å². The van der Waals surface area contributed by atoms with Crippen molar-refractivity contribution in [3.8, 4) is 6.07 Å². The highest BCUT2D eigenvalue weighted by Gasteiger charge is 2.14. The smallest absolute Gasteiger partial charge is 0.0985 e. The highest BCUT2D eigenvalue weighted by Crippen LogP contribution is 2.26. The van der Waals surface area contributed by atoms with Crippen LogP contribution in [-0.4, -0.2) is 13.2 Å². The molecular formula is C16H17NO. The summed E-state index contributed by atoms with van der Waals surface area (Å²) in [5, 5.41) is 8.62. The van der Waals surface area contributed by atoms with Gasteiger partial charge in [0.2, 0.25) is 0 Å². The van der Waals surface area contributed by atoms with Crippen LogP contribution in [-0.2, 0) is 4.74 Å². The average Bonchev–Trinajstić information content (AvgIpc) is 2.43. The van der Waals surface area contributed by atoms with Gasteiger partial charge in [-0.3, -0.25) is 0 Å². The van der Waals surface area contributed by atoms with Crippen LogP contribution in [0.2, 0.25) is 0 Å². The van der Waals surface area contributed by atoms with Crippen molar-refractivity contribution in [2.45, 2.75) is 6.42 Å². The van der Waals surface area contributed by atoms with Crippen LogP contribution in [0.15, 0.2) is 72.4 Å². The summed E-state index contributed by atoms with van der Waals surface area (Å²) in [5.74, 6) is 0. The van der Waals surface area contributed by atoms with E-state index < -0.39 is 0 Å². The number of hydrogen-bond acceptors (Lipinski definition) is 2. The van der Waals surface area contributed by atoms with Gasteiger partial charge in [0.1, 0.15) is 0 Å². The van der Waals surface area contributed by atoms with Crippen LogP contribution in [0.5, 0.6) is 0 Å². The van der Waals surface area contributed by atoms with E-state index in [0.29, 0.717) is 18.8 Å². The Morgan fingerprint density at radius 2 is 2.00 bits per heavy atom. The number of allylic oxidation sites excluding steroid dienone is 5. The molecule has 92 valence electrons. The molecule has 0 fully saturated rings. The molecule has 0 aliphatic carbocycles. The Morgan fingerprint density at radius 1 is 1.28 bits per heavy atom. The van der Waals surface area contributed by atoms with Crippen molar-refractivity contribution in [2.24, 2.45) is 0 Å². The van der Waals surface area contributed by atoms with Gasteiger partial charge >= 0.3 is 0 Å². The molecule has 0 N–H and O–H groups in total. The summed E-state index contributed by atoms with van der Waals surface area (Å²) >= 11 is 0. The third kappa shape index (κ3) is 3.44. The molecule has 1 heterocycles. The first-order valence-electron chi connectivity index (χ1n) is 5.68. The molecule has 0 aromatic heterocycles. The normalized spacial score (nSPS) is 15.3. The maximum atomic E-state index is 8.62. The minimum Gasteiger partial charge on any atom is -0.376 e. The molecule has 18 heavy (non-hydrogen) atoms. The van der Waals surface area contributed by atoms with Gasteiger partial charge in [0.05, 0.1) is 19.3 Å². The molecule has 0 aromatic carbocycles. The van der Waals surface area contributed by atoms with Crippen molar-refractivity contribution in [1.82, 2.24) is 0 Å². The van der Waals surface area contributed by atoms with Gasteiger partial charge < -0.3 is 4.74 Å². The van der Waals surface area contributed by atoms with Crippen LogP contribution in [0.1, 0.15) is 6.42 Å². The van der Waals surface area contributed by atoms with E-state index in [1.165, 1.54) is 0 Å². The lowest BCUT2D eigenvalue weighted by Crippen LogP contribution is -2.12. The van der Waals surface area contributed by atoms with E-state index in [1.54, 1.807) is 12.2 Å². The van der Waals surface area contributed by atoms with Crippen LogP contribution in [0, 0.1) is 11.3 Å². The standard InChI is InChI=1S/C16H17NO/c1-5-15-8-9-18-11-16(15)14(4)13(3)7-6-12(2)10-17/h5-7H,1-4,8-9,11H2/b7-6-.